The lowest BCUT2D eigenvalue weighted by Gasteiger charge is -2.19. The third-order valence-corrected chi connectivity index (χ3v) is 4.09. The van der Waals surface area contributed by atoms with Crippen molar-refractivity contribution in [3.05, 3.63) is 67.6 Å². The van der Waals surface area contributed by atoms with Gasteiger partial charge >= 0.3 is 0 Å². The minimum Gasteiger partial charge on any atom is -0.271 e. The maximum absolute atomic E-state index is 14.0. The molecule has 0 bridgehead atoms. The fourth-order valence-electron chi connectivity index (χ4n) is 2.05. The maximum Gasteiger partial charge on any atom is 0.132 e. The van der Waals surface area contributed by atoms with Gasteiger partial charge in [0.25, 0.3) is 0 Å². The van der Waals surface area contributed by atoms with Gasteiger partial charge in [0, 0.05) is 20.1 Å². The summed E-state index contributed by atoms with van der Waals surface area (Å²) in [5.41, 5.74) is 2.92. The molecule has 0 fully saturated rings. The summed E-state index contributed by atoms with van der Waals surface area (Å²) in [6.45, 7) is 0. The Balaban J connectivity index is 2.39. The Morgan fingerprint density at radius 3 is 2.33 bits per heavy atom. The third kappa shape index (κ3) is 3.93. The third-order valence-electron chi connectivity index (χ3n) is 3.03. The lowest BCUT2D eigenvalue weighted by molar-refractivity contribution is 0.472. The minimum atomic E-state index is -0.769. The van der Waals surface area contributed by atoms with E-state index in [0.717, 1.165) is 0 Å². The van der Waals surface area contributed by atoms with Crippen molar-refractivity contribution in [3.8, 4) is 0 Å². The fraction of sp³-hybridized carbons (Fsp3) is 0.143. The van der Waals surface area contributed by atoms with Gasteiger partial charge in [-0.3, -0.25) is 11.3 Å². The number of hydrogen-bond donors (Lipinski definition) is 2. The van der Waals surface area contributed by atoms with E-state index in [1.54, 1.807) is 18.2 Å². The number of hydrazine groups is 1. The van der Waals surface area contributed by atoms with E-state index in [1.807, 2.05) is 0 Å². The van der Waals surface area contributed by atoms with Crippen molar-refractivity contribution < 1.29 is 8.78 Å². The zero-order valence-corrected chi connectivity index (χ0v) is 13.7. The highest BCUT2D eigenvalue weighted by Gasteiger charge is 2.21. The van der Waals surface area contributed by atoms with Crippen molar-refractivity contribution >= 4 is 39.1 Å². The monoisotopic (exact) mass is 394 g/mol. The molecule has 0 aliphatic carbocycles. The van der Waals surface area contributed by atoms with Gasteiger partial charge in [-0.05, 0) is 42.3 Å². The lowest BCUT2D eigenvalue weighted by atomic mass is 9.98. The Morgan fingerprint density at radius 2 is 1.76 bits per heavy atom. The van der Waals surface area contributed by atoms with Gasteiger partial charge in [-0.1, -0.05) is 39.1 Å². The van der Waals surface area contributed by atoms with Gasteiger partial charge in [-0.25, -0.2) is 8.78 Å². The Kier molecular flexibility index (Phi) is 5.57. The maximum atomic E-state index is 14.0. The van der Waals surface area contributed by atoms with Gasteiger partial charge < -0.3 is 0 Å². The molecule has 7 heteroatoms. The van der Waals surface area contributed by atoms with Gasteiger partial charge in [0.15, 0.2) is 0 Å². The van der Waals surface area contributed by atoms with Crippen LogP contribution in [-0.4, -0.2) is 0 Å². The molecule has 0 saturated heterocycles. The van der Waals surface area contributed by atoms with Gasteiger partial charge in [0.2, 0.25) is 0 Å². The van der Waals surface area contributed by atoms with E-state index in [-0.39, 0.29) is 12.0 Å². The number of benzene rings is 2. The zero-order chi connectivity index (χ0) is 15.6. The zero-order valence-electron chi connectivity index (χ0n) is 10.6. The molecule has 0 aliphatic heterocycles. The Morgan fingerprint density at radius 1 is 1.14 bits per heavy atom. The molecule has 21 heavy (non-hydrogen) atoms. The van der Waals surface area contributed by atoms with E-state index in [9.17, 15) is 8.78 Å². The van der Waals surface area contributed by atoms with E-state index in [0.29, 0.717) is 20.1 Å². The molecule has 2 aromatic rings. The molecule has 0 spiro atoms. The summed E-state index contributed by atoms with van der Waals surface area (Å²) in [7, 11) is 0. The van der Waals surface area contributed by atoms with Crippen molar-refractivity contribution in [1.82, 2.24) is 5.43 Å². The summed E-state index contributed by atoms with van der Waals surface area (Å²) < 4.78 is 28.3. The molecule has 0 amide bonds. The second-order valence-electron chi connectivity index (χ2n) is 4.44. The first-order valence-corrected chi connectivity index (χ1v) is 7.51. The average molecular weight is 396 g/mol. The second-order valence-corrected chi connectivity index (χ2v) is 6.20. The number of rotatable bonds is 4. The highest BCUT2D eigenvalue weighted by Crippen LogP contribution is 2.30. The molecule has 2 rings (SSSR count). The topological polar surface area (TPSA) is 38.0 Å². The van der Waals surface area contributed by atoms with Crippen molar-refractivity contribution in [2.24, 2.45) is 5.84 Å². The van der Waals surface area contributed by atoms with Gasteiger partial charge in [0.05, 0.1) is 6.04 Å². The van der Waals surface area contributed by atoms with Crippen LogP contribution in [0.2, 0.25) is 10.0 Å². The largest absolute Gasteiger partial charge is 0.271 e. The molecule has 0 aromatic heterocycles. The molecule has 0 radical (unpaired) electrons. The van der Waals surface area contributed by atoms with E-state index in [1.165, 1.54) is 12.1 Å². The van der Waals surface area contributed by atoms with Crippen LogP contribution in [0.15, 0.2) is 34.8 Å². The highest BCUT2D eigenvalue weighted by atomic mass is 79.9. The van der Waals surface area contributed by atoms with Crippen LogP contribution in [0.25, 0.3) is 0 Å². The van der Waals surface area contributed by atoms with Crippen LogP contribution < -0.4 is 11.3 Å². The Hall–Kier alpha value is -0.720. The van der Waals surface area contributed by atoms with Crippen LogP contribution in [0.4, 0.5) is 8.78 Å². The first-order valence-electron chi connectivity index (χ1n) is 5.97. The SMILES string of the molecule is NNC(Cc1cc(Cl)ccc1Cl)c1c(F)cc(Br)cc1F. The van der Waals surface area contributed by atoms with E-state index >= 15 is 0 Å². The van der Waals surface area contributed by atoms with Crippen LogP contribution in [0.5, 0.6) is 0 Å². The smallest absolute Gasteiger partial charge is 0.132 e. The lowest BCUT2D eigenvalue weighted by Crippen LogP contribution is -2.31. The summed E-state index contributed by atoms with van der Waals surface area (Å²) >= 11 is 15.0. The number of hydrogen-bond acceptors (Lipinski definition) is 2. The van der Waals surface area contributed by atoms with Crippen LogP contribution in [0.3, 0.4) is 0 Å². The summed E-state index contributed by atoms with van der Waals surface area (Å²) in [4.78, 5) is 0. The van der Waals surface area contributed by atoms with E-state index in [4.69, 9.17) is 29.0 Å². The van der Waals surface area contributed by atoms with Gasteiger partial charge in [-0.2, -0.15) is 0 Å². The van der Waals surface area contributed by atoms with Crippen LogP contribution in [0, 0.1) is 11.6 Å². The average Bonchev–Trinajstić information content (AvgIpc) is 2.40. The molecule has 2 aromatic carbocycles. The Labute approximate surface area is 139 Å². The number of halogens is 5. The van der Waals surface area contributed by atoms with Crippen LogP contribution in [-0.2, 0) is 6.42 Å². The normalized spacial score (nSPS) is 12.5. The predicted octanol–water partition coefficient (Wildman–Crippen LogP) is 4.78. The van der Waals surface area contributed by atoms with Crippen molar-refractivity contribution in [2.45, 2.75) is 12.5 Å². The fourth-order valence-corrected chi connectivity index (χ4v) is 2.84. The number of nitrogens with two attached hydrogens (primary N) is 1. The van der Waals surface area contributed by atoms with E-state index < -0.39 is 17.7 Å². The van der Waals surface area contributed by atoms with Crippen molar-refractivity contribution in [2.75, 3.05) is 0 Å². The minimum absolute atomic E-state index is 0.142. The molecule has 0 saturated carbocycles. The predicted molar refractivity (Wildman–Crippen MR) is 84.3 cm³/mol. The molecule has 1 unspecified atom stereocenters. The summed E-state index contributed by atoms with van der Waals surface area (Å²) in [5, 5.41) is 0.944. The molecule has 3 N–H and O–H groups in total. The van der Waals surface area contributed by atoms with Crippen LogP contribution >= 0.6 is 39.1 Å². The van der Waals surface area contributed by atoms with Gasteiger partial charge in [-0.15, -0.1) is 0 Å². The van der Waals surface area contributed by atoms with Crippen LogP contribution in [0.1, 0.15) is 17.2 Å². The number of nitrogens with one attached hydrogen (secondary N) is 1. The van der Waals surface area contributed by atoms with Gasteiger partial charge in [0.1, 0.15) is 11.6 Å². The molecular weight excluding hydrogens is 385 g/mol. The first-order chi connectivity index (χ1) is 9.92. The summed E-state index contributed by atoms with van der Waals surface area (Å²) in [6.07, 6.45) is 0.200. The van der Waals surface area contributed by atoms with Crippen molar-refractivity contribution in [3.63, 3.8) is 0 Å². The molecular formula is C14H11BrCl2F2N2. The summed E-state index contributed by atoms with van der Waals surface area (Å²) in [5.74, 6) is 4.06. The molecule has 2 nitrogen and oxygen atoms in total. The highest BCUT2D eigenvalue weighted by molar-refractivity contribution is 9.10. The Bertz CT molecular complexity index is 644. The second kappa shape index (κ2) is 7.03. The summed E-state index contributed by atoms with van der Waals surface area (Å²) in [6, 6.07) is 6.50. The quantitative estimate of drug-likeness (QED) is 0.577. The standard InChI is InChI=1S/C14H11BrCl2F2N2/c15-8-5-11(18)14(12(19)6-8)13(21-20)4-7-3-9(16)1-2-10(7)17/h1-3,5-6,13,21H,4,20H2. The molecule has 0 aliphatic rings. The molecule has 112 valence electrons. The first kappa shape index (κ1) is 16.6. The molecule has 1 atom stereocenters. The van der Waals surface area contributed by atoms with E-state index in [2.05, 4.69) is 21.4 Å². The molecule has 0 heterocycles. The van der Waals surface area contributed by atoms with Crippen molar-refractivity contribution in [1.29, 1.82) is 0 Å².